The minimum Gasteiger partial charge on any atom is -0.481 e. The molecule has 1 unspecified atom stereocenters. The highest BCUT2D eigenvalue weighted by Gasteiger charge is 2.39. The van der Waals surface area contributed by atoms with Crippen LogP contribution in [0.2, 0.25) is 0 Å². The molecule has 0 spiro atoms. The van der Waals surface area contributed by atoms with Gasteiger partial charge in [0.05, 0.1) is 12.5 Å². The standard InChI is InChI=1S/C17H21F2NO3/c1-11-5-6-12(2)13(8-11)14-4-3-7-20(14)15(21)9-17(18,19)10-16(22)23/h5-6,8,14H,3-4,7,9-10H2,1-2H3,(H,22,23). The van der Waals surface area contributed by atoms with Crippen LogP contribution in [0.4, 0.5) is 8.78 Å². The van der Waals surface area contributed by atoms with E-state index in [0.717, 1.165) is 29.5 Å². The molecule has 1 aliphatic rings. The highest BCUT2D eigenvalue weighted by Crippen LogP contribution is 2.36. The average molecular weight is 325 g/mol. The summed E-state index contributed by atoms with van der Waals surface area (Å²) in [7, 11) is 0. The fraction of sp³-hybridized carbons (Fsp3) is 0.529. The quantitative estimate of drug-likeness (QED) is 0.902. The van der Waals surface area contributed by atoms with Crippen molar-refractivity contribution < 1.29 is 23.5 Å². The summed E-state index contributed by atoms with van der Waals surface area (Å²) >= 11 is 0. The van der Waals surface area contributed by atoms with Crippen LogP contribution in [0.15, 0.2) is 18.2 Å². The Kier molecular flexibility index (Phi) is 5.02. The summed E-state index contributed by atoms with van der Waals surface area (Å²) in [6, 6.07) is 5.72. The van der Waals surface area contributed by atoms with Gasteiger partial charge in [-0.15, -0.1) is 0 Å². The maximum Gasteiger partial charge on any atom is 0.309 e. The molecule has 1 aromatic rings. The first kappa shape index (κ1) is 17.4. The number of alkyl halides is 2. The lowest BCUT2D eigenvalue weighted by molar-refractivity contribution is -0.150. The second-order valence-electron chi connectivity index (χ2n) is 6.21. The van der Waals surface area contributed by atoms with Gasteiger partial charge < -0.3 is 10.0 Å². The molecular formula is C17H21F2NO3. The van der Waals surface area contributed by atoms with E-state index in [4.69, 9.17) is 5.11 Å². The van der Waals surface area contributed by atoms with Crippen LogP contribution in [-0.2, 0) is 9.59 Å². The molecule has 1 aliphatic heterocycles. The normalized spacial score (nSPS) is 18.3. The lowest BCUT2D eigenvalue weighted by atomic mass is 9.97. The van der Waals surface area contributed by atoms with Gasteiger partial charge in [0.15, 0.2) is 0 Å². The summed E-state index contributed by atoms with van der Waals surface area (Å²) in [5.74, 6) is -5.80. The molecule has 23 heavy (non-hydrogen) atoms. The number of hydrogen-bond acceptors (Lipinski definition) is 2. The summed E-state index contributed by atoms with van der Waals surface area (Å²) in [6.45, 7) is 4.32. The van der Waals surface area contributed by atoms with E-state index in [1.54, 1.807) is 0 Å². The van der Waals surface area contributed by atoms with Crippen LogP contribution in [0, 0.1) is 13.8 Å². The highest BCUT2D eigenvalue weighted by molar-refractivity contribution is 5.79. The molecule has 1 fully saturated rings. The van der Waals surface area contributed by atoms with Crippen molar-refractivity contribution in [1.82, 2.24) is 4.90 Å². The Morgan fingerprint density at radius 3 is 2.65 bits per heavy atom. The Morgan fingerprint density at radius 1 is 1.30 bits per heavy atom. The van der Waals surface area contributed by atoms with E-state index >= 15 is 0 Å². The first-order chi connectivity index (χ1) is 10.7. The van der Waals surface area contributed by atoms with Gasteiger partial charge in [0.25, 0.3) is 5.92 Å². The fourth-order valence-electron chi connectivity index (χ4n) is 3.11. The lowest BCUT2D eigenvalue weighted by Gasteiger charge is -2.28. The molecule has 6 heteroatoms. The monoisotopic (exact) mass is 325 g/mol. The van der Waals surface area contributed by atoms with Gasteiger partial charge in [-0.05, 0) is 37.8 Å². The smallest absolute Gasteiger partial charge is 0.309 e. The topological polar surface area (TPSA) is 57.6 Å². The molecule has 2 rings (SSSR count). The summed E-state index contributed by atoms with van der Waals surface area (Å²) in [6.07, 6.45) is -0.879. The van der Waals surface area contributed by atoms with Crippen molar-refractivity contribution in [3.8, 4) is 0 Å². The van der Waals surface area contributed by atoms with E-state index in [0.29, 0.717) is 6.54 Å². The number of carbonyl (C=O) groups is 2. The molecule has 1 amide bonds. The number of carbonyl (C=O) groups excluding carboxylic acids is 1. The number of halogens is 2. The molecule has 0 bridgehead atoms. The number of rotatable bonds is 5. The Balaban J connectivity index is 2.16. The SMILES string of the molecule is Cc1ccc(C)c(C2CCCN2C(=O)CC(F)(F)CC(=O)O)c1. The van der Waals surface area contributed by atoms with Crippen molar-refractivity contribution in [3.63, 3.8) is 0 Å². The van der Waals surface area contributed by atoms with Crippen molar-refractivity contribution >= 4 is 11.9 Å². The zero-order chi connectivity index (χ0) is 17.2. The number of hydrogen-bond donors (Lipinski definition) is 1. The Labute approximate surface area is 134 Å². The number of carboxylic acid groups (broad SMARTS) is 1. The number of likely N-dealkylation sites (tertiary alicyclic amines) is 1. The summed E-state index contributed by atoms with van der Waals surface area (Å²) in [5.41, 5.74) is 3.07. The number of amides is 1. The van der Waals surface area contributed by atoms with E-state index in [-0.39, 0.29) is 6.04 Å². The van der Waals surface area contributed by atoms with E-state index in [2.05, 4.69) is 0 Å². The van der Waals surface area contributed by atoms with Crippen LogP contribution in [0.25, 0.3) is 0 Å². The number of nitrogens with zero attached hydrogens (tertiary/aromatic N) is 1. The van der Waals surface area contributed by atoms with Crippen molar-refractivity contribution in [3.05, 3.63) is 34.9 Å². The van der Waals surface area contributed by atoms with Gasteiger partial charge in [0.2, 0.25) is 5.91 Å². The van der Waals surface area contributed by atoms with Crippen LogP contribution in [0.5, 0.6) is 0 Å². The third-order valence-electron chi connectivity index (χ3n) is 4.19. The van der Waals surface area contributed by atoms with E-state index in [1.807, 2.05) is 32.0 Å². The summed E-state index contributed by atoms with van der Waals surface area (Å²) < 4.78 is 27.2. The van der Waals surface area contributed by atoms with Crippen LogP contribution in [0.3, 0.4) is 0 Å². The third kappa shape index (κ3) is 4.27. The van der Waals surface area contributed by atoms with Crippen molar-refractivity contribution in [2.45, 2.75) is 51.5 Å². The Hall–Kier alpha value is -1.98. The van der Waals surface area contributed by atoms with Gasteiger partial charge >= 0.3 is 5.97 Å². The maximum atomic E-state index is 13.6. The van der Waals surface area contributed by atoms with Gasteiger partial charge in [-0.3, -0.25) is 9.59 Å². The summed E-state index contributed by atoms with van der Waals surface area (Å²) in [4.78, 5) is 24.2. The molecule has 126 valence electrons. The van der Waals surface area contributed by atoms with Gasteiger partial charge in [-0.2, -0.15) is 0 Å². The third-order valence-corrected chi connectivity index (χ3v) is 4.19. The first-order valence-corrected chi connectivity index (χ1v) is 7.66. The highest BCUT2D eigenvalue weighted by atomic mass is 19.3. The fourth-order valence-corrected chi connectivity index (χ4v) is 3.11. The predicted molar refractivity (Wildman–Crippen MR) is 81.4 cm³/mol. The van der Waals surface area contributed by atoms with Crippen molar-refractivity contribution in [1.29, 1.82) is 0 Å². The van der Waals surface area contributed by atoms with E-state index < -0.39 is 30.6 Å². The molecule has 1 aromatic carbocycles. The molecule has 4 nitrogen and oxygen atoms in total. The van der Waals surface area contributed by atoms with Crippen LogP contribution < -0.4 is 0 Å². The van der Waals surface area contributed by atoms with Gasteiger partial charge in [0.1, 0.15) is 6.42 Å². The average Bonchev–Trinajstić information content (AvgIpc) is 2.88. The summed E-state index contributed by atoms with van der Waals surface area (Å²) in [5, 5.41) is 8.52. The zero-order valence-electron chi connectivity index (χ0n) is 13.3. The second kappa shape index (κ2) is 6.64. The lowest BCUT2D eigenvalue weighted by Crippen LogP contribution is -2.36. The Morgan fingerprint density at radius 2 is 2.00 bits per heavy atom. The second-order valence-corrected chi connectivity index (χ2v) is 6.21. The molecule has 1 heterocycles. The molecule has 1 N–H and O–H groups in total. The van der Waals surface area contributed by atoms with Gasteiger partial charge in [0, 0.05) is 6.54 Å². The molecule has 0 saturated carbocycles. The number of carboxylic acids is 1. The number of aliphatic carboxylic acids is 1. The van der Waals surface area contributed by atoms with E-state index in [1.165, 1.54) is 4.90 Å². The van der Waals surface area contributed by atoms with E-state index in [9.17, 15) is 18.4 Å². The molecule has 0 aliphatic carbocycles. The Bertz CT molecular complexity index is 616. The van der Waals surface area contributed by atoms with Crippen molar-refractivity contribution in [2.75, 3.05) is 6.54 Å². The minimum atomic E-state index is -3.52. The van der Waals surface area contributed by atoms with Crippen LogP contribution in [-0.4, -0.2) is 34.4 Å². The van der Waals surface area contributed by atoms with Gasteiger partial charge in [-0.25, -0.2) is 8.78 Å². The molecule has 1 atom stereocenters. The van der Waals surface area contributed by atoms with Crippen LogP contribution in [0.1, 0.15) is 48.4 Å². The molecule has 0 radical (unpaired) electrons. The first-order valence-electron chi connectivity index (χ1n) is 7.66. The predicted octanol–water partition coefficient (Wildman–Crippen LogP) is 3.47. The largest absolute Gasteiger partial charge is 0.481 e. The number of benzene rings is 1. The molecular weight excluding hydrogens is 304 g/mol. The minimum absolute atomic E-state index is 0.206. The van der Waals surface area contributed by atoms with Gasteiger partial charge in [-0.1, -0.05) is 23.8 Å². The molecule has 0 aromatic heterocycles. The van der Waals surface area contributed by atoms with Crippen LogP contribution >= 0.6 is 0 Å². The zero-order valence-corrected chi connectivity index (χ0v) is 13.3. The molecule has 1 saturated heterocycles. The number of aryl methyl sites for hydroxylation is 2. The maximum absolute atomic E-state index is 13.6. The van der Waals surface area contributed by atoms with Crippen molar-refractivity contribution in [2.24, 2.45) is 0 Å².